The zero-order chi connectivity index (χ0) is 14.5. The summed E-state index contributed by atoms with van der Waals surface area (Å²) in [6.45, 7) is 5.87. The number of hydrogen-bond acceptors (Lipinski definition) is 4. The topological polar surface area (TPSA) is 31.4 Å². The highest BCUT2D eigenvalue weighted by Crippen LogP contribution is 2.34. The number of benzene rings is 1. The molecule has 1 aromatic carbocycles. The Kier molecular flexibility index (Phi) is 2.80. The van der Waals surface area contributed by atoms with Crippen molar-refractivity contribution in [3.63, 3.8) is 0 Å². The van der Waals surface area contributed by atoms with Crippen LogP contribution in [0.5, 0.6) is 0 Å². The van der Waals surface area contributed by atoms with Gasteiger partial charge in [-0.1, -0.05) is 0 Å². The molecule has 1 N–H and O–H groups in total. The third-order valence-corrected chi connectivity index (χ3v) is 5.58. The number of nitrogens with one attached hydrogen (secondary N) is 1. The van der Waals surface area contributed by atoms with Gasteiger partial charge in [0.05, 0.1) is 5.52 Å². The zero-order valence-electron chi connectivity index (χ0n) is 12.9. The van der Waals surface area contributed by atoms with Crippen LogP contribution in [0.25, 0.3) is 10.9 Å². The summed E-state index contributed by atoms with van der Waals surface area (Å²) in [6, 6.07) is 7.56. The first-order chi connectivity index (χ1) is 10.9. The lowest BCUT2D eigenvalue weighted by atomic mass is 10.1. The summed E-state index contributed by atoms with van der Waals surface area (Å²) in [7, 11) is 0. The third-order valence-electron chi connectivity index (χ3n) is 5.58. The van der Waals surface area contributed by atoms with Crippen molar-refractivity contribution in [3.8, 4) is 0 Å². The Morgan fingerprint density at radius 1 is 1.18 bits per heavy atom. The van der Waals surface area contributed by atoms with Gasteiger partial charge in [0.1, 0.15) is 0 Å². The molecule has 1 aromatic heterocycles. The van der Waals surface area contributed by atoms with E-state index in [1.165, 1.54) is 54.8 Å². The number of piperazine rings is 1. The van der Waals surface area contributed by atoms with E-state index in [4.69, 9.17) is 0 Å². The zero-order valence-corrected chi connectivity index (χ0v) is 12.9. The van der Waals surface area contributed by atoms with Gasteiger partial charge in [-0.15, -0.1) is 0 Å². The van der Waals surface area contributed by atoms with Crippen LogP contribution in [0.2, 0.25) is 0 Å². The SMILES string of the molecule is c1cc(N2CCN3CCC[C@H]3C2)c2cc3c(cc2n1)CCN3. The summed E-state index contributed by atoms with van der Waals surface area (Å²) in [5.41, 5.74) is 5.24. The Balaban J connectivity index is 1.56. The second-order valence-corrected chi connectivity index (χ2v) is 6.81. The van der Waals surface area contributed by atoms with Crippen molar-refractivity contribution >= 4 is 22.3 Å². The summed E-state index contributed by atoms with van der Waals surface area (Å²) in [4.78, 5) is 9.86. The average molecular weight is 294 g/mol. The van der Waals surface area contributed by atoms with E-state index < -0.39 is 0 Å². The smallest absolute Gasteiger partial charge is 0.0727 e. The molecule has 0 aliphatic carbocycles. The minimum absolute atomic E-state index is 0.754. The maximum absolute atomic E-state index is 4.62. The Labute approximate surface area is 131 Å². The standard InChI is InChI=1S/C18H22N4/c1-2-14-12-22(9-8-21(14)7-1)18-4-6-20-17-10-13-3-5-19-16(13)11-15(17)18/h4,6,10-11,14,19H,1-3,5,7-9,12H2/t14-/m0/s1. The molecule has 3 aliphatic rings. The fourth-order valence-electron chi connectivity index (χ4n) is 4.41. The van der Waals surface area contributed by atoms with E-state index in [0.717, 1.165) is 31.1 Å². The molecule has 2 fully saturated rings. The van der Waals surface area contributed by atoms with Crippen molar-refractivity contribution in [1.29, 1.82) is 0 Å². The molecule has 0 spiro atoms. The molecule has 0 saturated carbocycles. The number of rotatable bonds is 1. The number of hydrogen-bond donors (Lipinski definition) is 1. The van der Waals surface area contributed by atoms with Crippen LogP contribution in [-0.2, 0) is 6.42 Å². The molecule has 4 nitrogen and oxygen atoms in total. The van der Waals surface area contributed by atoms with Gasteiger partial charge in [0.15, 0.2) is 0 Å². The highest BCUT2D eigenvalue weighted by Gasteiger charge is 2.31. The predicted octanol–water partition coefficient (Wildman–Crippen LogP) is 2.49. The van der Waals surface area contributed by atoms with Crippen LogP contribution >= 0.6 is 0 Å². The summed E-state index contributed by atoms with van der Waals surface area (Å²) in [5, 5.41) is 4.81. The van der Waals surface area contributed by atoms with E-state index in [1.807, 2.05) is 6.20 Å². The Bertz CT molecular complexity index is 726. The van der Waals surface area contributed by atoms with E-state index in [0.29, 0.717) is 0 Å². The van der Waals surface area contributed by atoms with Crippen LogP contribution in [0, 0.1) is 0 Å². The average Bonchev–Trinajstić information content (AvgIpc) is 3.19. The molecule has 2 saturated heterocycles. The first-order valence-electron chi connectivity index (χ1n) is 8.53. The molecule has 22 heavy (non-hydrogen) atoms. The first kappa shape index (κ1) is 12.7. The molecule has 114 valence electrons. The molecule has 4 heterocycles. The second kappa shape index (κ2) is 4.85. The van der Waals surface area contributed by atoms with Gasteiger partial charge in [0, 0.05) is 55.2 Å². The van der Waals surface area contributed by atoms with Crippen molar-refractivity contribution < 1.29 is 0 Å². The highest BCUT2D eigenvalue weighted by atomic mass is 15.3. The quantitative estimate of drug-likeness (QED) is 0.875. The molecule has 0 bridgehead atoms. The van der Waals surface area contributed by atoms with E-state index in [2.05, 4.69) is 38.3 Å². The number of anilines is 2. The molecule has 4 heteroatoms. The molecule has 1 atom stereocenters. The largest absolute Gasteiger partial charge is 0.384 e. The molecule has 5 rings (SSSR count). The Hall–Kier alpha value is -1.81. The highest BCUT2D eigenvalue weighted by molar-refractivity contribution is 5.95. The monoisotopic (exact) mass is 294 g/mol. The molecule has 0 amide bonds. The summed E-state index contributed by atoms with van der Waals surface area (Å²) in [6.07, 6.45) is 5.83. The van der Waals surface area contributed by atoms with Gasteiger partial charge < -0.3 is 10.2 Å². The molecular weight excluding hydrogens is 272 g/mol. The van der Waals surface area contributed by atoms with Crippen molar-refractivity contribution in [2.75, 3.05) is 42.9 Å². The second-order valence-electron chi connectivity index (χ2n) is 6.81. The van der Waals surface area contributed by atoms with Crippen molar-refractivity contribution in [3.05, 3.63) is 30.0 Å². The summed E-state index contributed by atoms with van der Waals surface area (Å²) in [5.74, 6) is 0. The fraction of sp³-hybridized carbons (Fsp3) is 0.500. The number of fused-ring (bicyclic) bond motifs is 3. The number of nitrogens with zero attached hydrogens (tertiary/aromatic N) is 3. The lowest BCUT2D eigenvalue weighted by Crippen LogP contribution is -2.50. The van der Waals surface area contributed by atoms with Gasteiger partial charge in [-0.3, -0.25) is 9.88 Å². The maximum atomic E-state index is 4.62. The molecule has 3 aliphatic heterocycles. The van der Waals surface area contributed by atoms with Gasteiger partial charge in [0.25, 0.3) is 0 Å². The number of aromatic nitrogens is 1. The van der Waals surface area contributed by atoms with Crippen molar-refractivity contribution in [2.24, 2.45) is 0 Å². The molecule has 0 unspecified atom stereocenters. The molecule has 2 aromatic rings. The van der Waals surface area contributed by atoms with E-state index in [1.54, 1.807) is 0 Å². The van der Waals surface area contributed by atoms with Gasteiger partial charge in [-0.05, 0) is 49.6 Å². The summed E-state index contributed by atoms with van der Waals surface area (Å²) < 4.78 is 0. The van der Waals surface area contributed by atoms with Crippen LogP contribution in [-0.4, -0.2) is 48.6 Å². The van der Waals surface area contributed by atoms with E-state index in [-0.39, 0.29) is 0 Å². The van der Waals surface area contributed by atoms with E-state index >= 15 is 0 Å². The lowest BCUT2D eigenvalue weighted by molar-refractivity contribution is 0.231. The minimum Gasteiger partial charge on any atom is -0.384 e. The molecular formula is C18H22N4. The first-order valence-corrected chi connectivity index (χ1v) is 8.53. The minimum atomic E-state index is 0.754. The Morgan fingerprint density at radius 3 is 3.18 bits per heavy atom. The Morgan fingerprint density at radius 2 is 2.18 bits per heavy atom. The van der Waals surface area contributed by atoms with Crippen LogP contribution in [0.1, 0.15) is 18.4 Å². The van der Waals surface area contributed by atoms with Crippen molar-refractivity contribution in [2.45, 2.75) is 25.3 Å². The van der Waals surface area contributed by atoms with Crippen LogP contribution in [0.3, 0.4) is 0 Å². The third kappa shape index (κ3) is 1.90. The lowest BCUT2D eigenvalue weighted by Gasteiger charge is -2.39. The van der Waals surface area contributed by atoms with Crippen LogP contribution < -0.4 is 10.2 Å². The summed E-state index contributed by atoms with van der Waals surface area (Å²) >= 11 is 0. The maximum Gasteiger partial charge on any atom is 0.0727 e. The van der Waals surface area contributed by atoms with Crippen LogP contribution in [0.4, 0.5) is 11.4 Å². The van der Waals surface area contributed by atoms with Crippen LogP contribution in [0.15, 0.2) is 24.4 Å². The van der Waals surface area contributed by atoms with Gasteiger partial charge >= 0.3 is 0 Å². The normalized spacial score (nSPS) is 24.4. The van der Waals surface area contributed by atoms with E-state index in [9.17, 15) is 0 Å². The van der Waals surface area contributed by atoms with Crippen molar-refractivity contribution in [1.82, 2.24) is 9.88 Å². The number of pyridine rings is 1. The van der Waals surface area contributed by atoms with Gasteiger partial charge in [-0.2, -0.15) is 0 Å². The predicted molar refractivity (Wildman–Crippen MR) is 90.7 cm³/mol. The fourth-order valence-corrected chi connectivity index (χ4v) is 4.41. The van der Waals surface area contributed by atoms with Gasteiger partial charge in [-0.25, -0.2) is 0 Å². The molecule has 0 radical (unpaired) electrons. The van der Waals surface area contributed by atoms with Gasteiger partial charge in [0.2, 0.25) is 0 Å².